The largest absolute Gasteiger partial charge is 0.444 e. The fourth-order valence-electron chi connectivity index (χ4n) is 3.27. The topological polar surface area (TPSA) is 135 Å². The van der Waals surface area contributed by atoms with E-state index in [1.54, 1.807) is 0 Å². The zero-order chi connectivity index (χ0) is 17.6. The molecule has 8 heteroatoms. The van der Waals surface area contributed by atoms with E-state index in [0.717, 1.165) is 0 Å². The van der Waals surface area contributed by atoms with Crippen LogP contribution >= 0.6 is 0 Å². The van der Waals surface area contributed by atoms with Gasteiger partial charge in [0.05, 0.1) is 17.0 Å². The minimum atomic E-state index is -0.768. The van der Waals surface area contributed by atoms with Crippen molar-refractivity contribution in [2.75, 3.05) is 0 Å². The third-order valence-corrected chi connectivity index (χ3v) is 4.29. The van der Waals surface area contributed by atoms with Crippen molar-refractivity contribution in [3.63, 3.8) is 0 Å². The second kappa shape index (κ2) is 5.23. The molecule has 0 unspecified atom stereocenters. The molecule has 8 nitrogen and oxygen atoms in total. The van der Waals surface area contributed by atoms with Crippen LogP contribution in [-0.4, -0.2) is 15.7 Å². The first kappa shape index (κ1) is 15.8. The average molecular weight is 328 g/mol. The summed E-state index contributed by atoms with van der Waals surface area (Å²) in [6.45, 7) is 3.90. The first-order valence-corrected chi connectivity index (χ1v) is 7.40. The fourth-order valence-corrected chi connectivity index (χ4v) is 3.27. The number of rotatable bonds is 2. The summed E-state index contributed by atoms with van der Waals surface area (Å²) in [6.07, 6.45) is 2.05. The standard InChI is InChI=1S/C16H16N4O4/c1-16(2)4-11(21)14-12(5-16)24-15(18)9(6-17)13(14)10-3-8(7-19-10)20(22)23/h3,7,13,19H,4-5,18H2,1-2H3/t13-/m0/s1. The highest BCUT2D eigenvalue weighted by Crippen LogP contribution is 2.47. The number of nitriles is 1. The number of ether oxygens (including phenoxy) is 1. The van der Waals surface area contributed by atoms with Crippen LogP contribution in [0.5, 0.6) is 0 Å². The second-order valence-electron chi connectivity index (χ2n) is 6.77. The number of carbonyl (C=O) groups excluding carboxylic acids is 1. The van der Waals surface area contributed by atoms with Crippen molar-refractivity contribution in [3.8, 4) is 6.07 Å². The summed E-state index contributed by atoms with van der Waals surface area (Å²) in [5.74, 6) is -0.529. The van der Waals surface area contributed by atoms with Crippen LogP contribution in [0.15, 0.2) is 35.1 Å². The molecular weight excluding hydrogens is 312 g/mol. The van der Waals surface area contributed by atoms with Gasteiger partial charge in [0.25, 0.3) is 5.69 Å². The summed E-state index contributed by atoms with van der Waals surface area (Å²) in [5.41, 5.74) is 6.27. The van der Waals surface area contributed by atoms with Crippen molar-refractivity contribution >= 4 is 11.5 Å². The number of carbonyl (C=O) groups is 1. The Bertz CT molecular complexity index is 854. The van der Waals surface area contributed by atoms with Crippen molar-refractivity contribution in [3.05, 3.63) is 50.9 Å². The minimum absolute atomic E-state index is 0.0657. The van der Waals surface area contributed by atoms with Gasteiger partial charge in [0.15, 0.2) is 5.78 Å². The van der Waals surface area contributed by atoms with Crippen molar-refractivity contribution < 1.29 is 14.5 Å². The molecule has 0 fully saturated rings. The molecule has 3 rings (SSSR count). The Kier molecular flexibility index (Phi) is 3.44. The Labute approximate surface area is 137 Å². The molecule has 1 atom stereocenters. The maximum atomic E-state index is 12.7. The van der Waals surface area contributed by atoms with Crippen LogP contribution in [0.1, 0.15) is 38.3 Å². The van der Waals surface area contributed by atoms with E-state index < -0.39 is 10.8 Å². The summed E-state index contributed by atoms with van der Waals surface area (Å²) < 4.78 is 5.55. The lowest BCUT2D eigenvalue weighted by molar-refractivity contribution is -0.384. The normalized spacial score (nSPS) is 22.7. The van der Waals surface area contributed by atoms with Gasteiger partial charge in [-0.15, -0.1) is 0 Å². The SMILES string of the molecule is CC1(C)CC(=O)C2=C(C1)OC(N)=C(C#N)[C@H]2c1cc([N+](=O)[O-])c[nH]1. The van der Waals surface area contributed by atoms with Crippen LogP contribution in [0.4, 0.5) is 5.69 Å². The number of allylic oxidation sites excluding steroid dienone is 3. The van der Waals surface area contributed by atoms with Gasteiger partial charge in [-0.05, 0) is 5.41 Å². The van der Waals surface area contributed by atoms with Crippen molar-refractivity contribution in [2.45, 2.75) is 32.6 Å². The Hall–Kier alpha value is -3.08. The molecule has 1 aliphatic heterocycles. The minimum Gasteiger partial charge on any atom is -0.444 e. The third kappa shape index (κ3) is 2.44. The molecule has 24 heavy (non-hydrogen) atoms. The molecule has 0 spiro atoms. The number of ketones is 1. The Morgan fingerprint density at radius 3 is 2.79 bits per heavy atom. The van der Waals surface area contributed by atoms with E-state index in [1.165, 1.54) is 12.3 Å². The molecule has 124 valence electrons. The van der Waals surface area contributed by atoms with Crippen molar-refractivity contribution in [2.24, 2.45) is 11.1 Å². The zero-order valence-corrected chi connectivity index (χ0v) is 13.3. The monoisotopic (exact) mass is 328 g/mol. The van der Waals surface area contributed by atoms with Crippen LogP contribution in [0.2, 0.25) is 0 Å². The number of nitrogens with one attached hydrogen (secondary N) is 1. The predicted molar refractivity (Wildman–Crippen MR) is 83.1 cm³/mol. The van der Waals surface area contributed by atoms with Crippen LogP contribution in [0.25, 0.3) is 0 Å². The van der Waals surface area contributed by atoms with Gasteiger partial charge >= 0.3 is 0 Å². The van der Waals surface area contributed by atoms with E-state index in [-0.39, 0.29) is 28.3 Å². The van der Waals surface area contributed by atoms with E-state index in [0.29, 0.717) is 29.9 Å². The molecule has 1 aromatic heterocycles. The van der Waals surface area contributed by atoms with Crippen molar-refractivity contribution in [1.29, 1.82) is 5.26 Å². The van der Waals surface area contributed by atoms with Crippen LogP contribution in [0.3, 0.4) is 0 Å². The van der Waals surface area contributed by atoms with E-state index in [4.69, 9.17) is 10.5 Å². The fraction of sp³-hybridized carbons (Fsp3) is 0.375. The summed E-state index contributed by atoms with van der Waals surface area (Å²) in [5, 5.41) is 20.4. The summed E-state index contributed by atoms with van der Waals surface area (Å²) in [4.78, 5) is 25.9. The Morgan fingerprint density at radius 1 is 1.50 bits per heavy atom. The molecule has 0 saturated heterocycles. The summed E-state index contributed by atoms with van der Waals surface area (Å²) in [6, 6.07) is 3.29. The van der Waals surface area contributed by atoms with Gasteiger partial charge in [-0.1, -0.05) is 13.8 Å². The molecule has 2 heterocycles. The van der Waals surface area contributed by atoms with Crippen LogP contribution in [-0.2, 0) is 9.53 Å². The Morgan fingerprint density at radius 2 is 2.21 bits per heavy atom. The highest BCUT2D eigenvalue weighted by Gasteiger charge is 2.43. The number of hydrogen-bond donors (Lipinski definition) is 2. The molecule has 0 amide bonds. The van der Waals surface area contributed by atoms with Gasteiger partial charge in [-0.25, -0.2) is 0 Å². The number of nitrogens with two attached hydrogens (primary N) is 1. The molecule has 0 aromatic carbocycles. The molecule has 1 aliphatic carbocycles. The molecule has 3 N–H and O–H groups in total. The van der Waals surface area contributed by atoms with Gasteiger partial charge in [0.1, 0.15) is 17.4 Å². The number of aromatic amines is 1. The van der Waals surface area contributed by atoms with Gasteiger partial charge in [-0.2, -0.15) is 5.26 Å². The summed E-state index contributed by atoms with van der Waals surface area (Å²) >= 11 is 0. The lowest BCUT2D eigenvalue weighted by atomic mass is 9.71. The maximum absolute atomic E-state index is 12.7. The Balaban J connectivity index is 2.16. The van der Waals surface area contributed by atoms with Crippen LogP contribution < -0.4 is 5.73 Å². The number of hydrogen-bond acceptors (Lipinski definition) is 6. The molecule has 0 bridgehead atoms. The quantitative estimate of drug-likeness (QED) is 0.632. The highest BCUT2D eigenvalue weighted by molar-refractivity contribution is 5.99. The first-order chi connectivity index (χ1) is 11.2. The highest BCUT2D eigenvalue weighted by atomic mass is 16.6. The van der Waals surface area contributed by atoms with Gasteiger partial charge in [-0.3, -0.25) is 14.9 Å². The number of Topliss-reactive ketones (excluding diaryl/α,β-unsaturated/α-hetero) is 1. The van der Waals surface area contributed by atoms with Gasteiger partial charge in [0.2, 0.25) is 5.88 Å². The van der Waals surface area contributed by atoms with Gasteiger partial charge in [0, 0.05) is 30.2 Å². The van der Waals surface area contributed by atoms with Crippen LogP contribution in [0, 0.1) is 26.9 Å². The lowest BCUT2D eigenvalue weighted by Crippen LogP contribution is -2.33. The molecular formula is C16H16N4O4. The third-order valence-electron chi connectivity index (χ3n) is 4.29. The number of nitrogens with zero attached hydrogens (tertiary/aromatic N) is 2. The van der Waals surface area contributed by atoms with E-state index in [9.17, 15) is 20.2 Å². The molecule has 0 saturated carbocycles. The molecule has 2 aliphatic rings. The van der Waals surface area contributed by atoms with E-state index in [1.807, 2.05) is 19.9 Å². The van der Waals surface area contributed by atoms with Crippen molar-refractivity contribution in [1.82, 2.24) is 4.98 Å². The van der Waals surface area contributed by atoms with Gasteiger partial charge < -0.3 is 15.5 Å². The average Bonchev–Trinajstić information content (AvgIpc) is 2.94. The number of nitro groups is 1. The smallest absolute Gasteiger partial charge is 0.287 e. The first-order valence-electron chi connectivity index (χ1n) is 7.40. The molecule has 0 radical (unpaired) electrons. The molecule has 1 aromatic rings. The summed E-state index contributed by atoms with van der Waals surface area (Å²) in [7, 11) is 0. The zero-order valence-electron chi connectivity index (χ0n) is 13.3. The van der Waals surface area contributed by atoms with E-state index in [2.05, 4.69) is 4.98 Å². The lowest BCUT2D eigenvalue weighted by Gasteiger charge is -2.36. The number of H-pyrrole nitrogens is 1. The maximum Gasteiger partial charge on any atom is 0.287 e. The second-order valence-corrected chi connectivity index (χ2v) is 6.77. The van der Waals surface area contributed by atoms with E-state index >= 15 is 0 Å². The number of aromatic nitrogens is 1. The predicted octanol–water partition coefficient (Wildman–Crippen LogP) is 2.37.